The van der Waals surface area contributed by atoms with Crippen LogP contribution in [0.15, 0.2) is 34.9 Å². The molecule has 2 aliphatic carbocycles. The summed E-state index contributed by atoms with van der Waals surface area (Å²) in [6, 6.07) is 0. The zero-order valence-corrected chi connectivity index (χ0v) is 11.5. The minimum atomic E-state index is 0.355. The van der Waals surface area contributed by atoms with Crippen LogP contribution in [0.25, 0.3) is 0 Å². The molecule has 2 nitrogen and oxygen atoms in total. The highest BCUT2D eigenvalue weighted by atomic mass is 16.5. The van der Waals surface area contributed by atoms with Crippen molar-refractivity contribution in [3.8, 4) is 0 Å². The highest BCUT2D eigenvalue weighted by Crippen LogP contribution is 2.41. The molecule has 0 unspecified atom stereocenters. The van der Waals surface area contributed by atoms with Crippen LogP contribution in [0, 0.1) is 5.92 Å². The molecule has 0 N–H and O–H groups in total. The van der Waals surface area contributed by atoms with E-state index in [1.807, 2.05) is 7.11 Å². The number of methoxy groups -OCH3 is 1. The normalized spacial score (nSPS) is 31.3. The summed E-state index contributed by atoms with van der Waals surface area (Å²) < 4.78 is 5.72. The van der Waals surface area contributed by atoms with Crippen molar-refractivity contribution in [2.45, 2.75) is 32.3 Å². The van der Waals surface area contributed by atoms with E-state index >= 15 is 0 Å². The molecule has 0 bridgehead atoms. The first-order valence-corrected chi connectivity index (χ1v) is 7.16. The Balaban J connectivity index is 1.84. The van der Waals surface area contributed by atoms with E-state index in [1.54, 1.807) is 11.1 Å². The first-order valence-electron chi connectivity index (χ1n) is 7.16. The average molecular weight is 245 g/mol. The van der Waals surface area contributed by atoms with Crippen molar-refractivity contribution in [3.63, 3.8) is 0 Å². The zero-order valence-electron chi connectivity index (χ0n) is 11.5. The number of ether oxygens (including phenoxy) is 1. The Morgan fingerprint density at radius 3 is 3.06 bits per heavy atom. The van der Waals surface area contributed by atoms with Gasteiger partial charge in [-0.15, -0.1) is 0 Å². The van der Waals surface area contributed by atoms with Crippen LogP contribution in [0.3, 0.4) is 0 Å². The van der Waals surface area contributed by atoms with Crippen LogP contribution < -0.4 is 0 Å². The molecule has 1 aliphatic heterocycles. The summed E-state index contributed by atoms with van der Waals surface area (Å²) in [4.78, 5) is 2.59. The van der Waals surface area contributed by atoms with Crippen LogP contribution in [-0.2, 0) is 4.74 Å². The molecule has 2 atom stereocenters. The van der Waals surface area contributed by atoms with Gasteiger partial charge in [-0.3, -0.25) is 4.90 Å². The van der Waals surface area contributed by atoms with E-state index in [2.05, 4.69) is 30.1 Å². The molecule has 0 fully saturated rings. The largest absolute Gasteiger partial charge is 0.380 e. The molecule has 0 aromatic carbocycles. The second-order valence-electron chi connectivity index (χ2n) is 5.64. The Bertz CT molecular complexity index is 419. The van der Waals surface area contributed by atoms with Gasteiger partial charge in [-0.25, -0.2) is 0 Å². The Hall–Kier alpha value is -0.860. The third-order valence-electron chi connectivity index (χ3n) is 4.47. The molecule has 98 valence electrons. The van der Waals surface area contributed by atoms with E-state index in [0.717, 1.165) is 12.8 Å². The van der Waals surface area contributed by atoms with Crippen molar-refractivity contribution in [2.75, 3.05) is 26.7 Å². The number of nitrogens with zero attached hydrogens (tertiary/aromatic N) is 1. The smallest absolute Gasteiger partial charge is 0.0712 e. The van der Waals surface area contributed by atoms with Crippen LogP contribution in [0.2, 0.25) is 0 Å². The summed E-state index contributed by atoms with van der Waals surface area (Å²) in [6.07, 6.45) is 10.8. The fourth-order valence-electron chi connectivity index (χ4n) is 3.65. The fourth-order valence-corrected chi connectivity index (χ4v) is 3.65. The molecule has 0 aromatic rings. The van der Waals surface area contributed by atoms with Crippen molar-refractivity contribution in [2.24, 2.45) is 5.92 Å². The van der Waals surface area contributed by atoms with E-state index in [1.165, 1.54) is 31.6 Å². The highest BCUT2D eigenvalue weighted by molar-refractivity contribution is 5.44. The molecule has 0 radical (unpaired) electrons. The Labute approximate surface area is 110 Å². The van der Waals surface area contributed by atoms with Crippen LogP contribution in [0.1, 0.15) is 26.2 Å². The minimum absolute atomic E-state index is 0.355. The fraction of sp³-hybridized carbons (Fsp3) is 0.625. The van der Waals surface area contributed by atoms with Crippen molar-refractivity contribution >= 4 is 0 Å². The van der Waals surface area contributed by atoms with Crippen molar-refractivity contribution in [1.29, 1.82) is 0 Å². The summed E-state index contributed by atoms with van der Waals surface area (Å²) in [6.45, 7) is 5.84. The van der Waals surface area contributed by atoms with Crippen molar-refractivity contribution in [3.05, 3.63) is 34.9 Å². The summed E-state index contributed by atoms with van der Waals surface area (Å²) >= 11 is 0. The predicted octanol–water partition coefficient (Wildman–Crippen LogP) is 2.93. The van der Waals surface area contributed by atoms with Gasteiger partial charge in [0.05, 0.1) is 6.10 Å². The molecule has 3 rings (SSSR count). The lowest BCUT2D eigenvalue weighted by atomic mass is 9.76. The van der Waals surface area contributed by atoms with Gasteiger partial charge in [0, 0.05) is 26.1 Å². The summed E-state index contributed by atoms with van der Waals surface area (Å²) in [5, 5.41) is 0. The third kappa shape index (κ3) is 1.98. The minimum Gasteiger partial charge on any atom is -0.380 e. The first-order chi connectivity index (χ1) is 8.83. The first kappa shape index (κ1) is 12.2. The molecule has 0 amide bonds. The maximum atomic E-state index is 5.72. The molecular weight excluding hydrogens is 222 g/mol. The molecular formula is C16H23NO. The maximum Gasteiger partial charge on any atom is 0.0712 e. The van der Waals surface area contributed by atoms with Gasteiger partial charge in [0.15, 0.2) is 0 Å². The maximum absolute atomic E-state index is 5.72. The summed E-state index contributed by atoms with van der Waals surface area (Å²) in [5.74, 6) is 0.533. The van der Waals surface area contributed by atoms with Gasteiger partial charge in [-0.05, 0) is 37.0 Å². The topological polar surface area (TPSA) is 12.5 Å². The van der Waals surface area contributed by atoms with Gasteiger partial charge in [0.25, 0.3) is 0 Å². The third-order valence-corrected chi connectivity index (χ3v) is 4.47. The molecule has 0 saturated heterocycles. The van der Waals surface area contributed by atoms with Gasteiger partial charge in [0.1, 0.15) is 0 Å². The second kappa shape index (κ2) is 5.02. The van der Waals surface area contributed by atoms with Crippen LogP contribution in [0.4, 0.5) is 0 Å². The van der Waals surface area contributed by atoms with Gasteiger partial charge in [0.2, 0.25) is 0 Å². The second-order valence-corrected chi connectivity index (χ2v) is 5.64. The van der Waals surface area contributed by atoms with Crippen LogP contribution in [-0.4, -0.2) is 37.7 Å². The Kier molecular flexibility index (Phi) is 3.40. The Morgan fingerprint density at radius 2 is 2.28 bits per heavy atom. The van der Waals surface area contributed by atoms with E-state index in [9.17, 15) is 0 Å². The number of hydrogen-bond acceptors (Lipinski definition) is 2. The van der Waals surface area contributed by atoms with Gasteiger partial charge < -0.3 is 4.74 Å². The van der Waals surface area contributed by atoms with E-state index in [-0.39, 0.29) is 0 Å². The number of allylic oxidation sites excluding steroid dienone is 2. The zero-order chi connectivity index (χ0) is 12.5. The van der Waals surface area contributed by atoms with Gasteiger partial charge >= 0.3 is 0 Å². The van der Waals surface area contributed by atoms with E-state index < -0.39 is 0 Å². The van der Waals surface area contributed by atoms with E-state index in [0.29, 0.717) is 12.0 Å². The number of fused-ring (bicyclic) bond motifs is 2. The lowest BCUT2D eigenvalue weighted by Gasteiger charge is -2.34. The number of hydrogen-bond donors (Lipinski definition) is 0. The van der Waals surface area contributed by atoms with Crippen molar-refractivity contribution in [1.82, 2.24) is 4.90 Å². The SMILES string of the molecule is CCCN1CC2=C(C1)[C@H]1C(=CC2)C=CC[C@H]1OC. The molecule has 0 saturated carbocycles. The average Bonchev–Trinajstić information content (AvgIpc) is 2.81. The summed E-state index contributed by atoms with van der Waals surface area (Å²) in [7, 11) is 1.86. The standard InChI is InChI=1S/C16H23NO/c1-3-9-17-10-13-8-7-12-5-4-6-15(18-2)16(12)14(13)11-17/h4-5,7,15-16H,3,6,8-11H2,1-2H3/t15-,16-/m1/s1. The molecule has 18 heavy (non-hydrogen) atoms. The predicted molar refractivity (Wildman–Crippen MR) is 74.5 cm³/mol. The summed E-state index contributed by atoms with van der Waals surface area (Å²) in [5.41, 5.74) is 4.82. The molecule has 2 heteroatoms. The van der Waals surface area contributed by atoms with Crippen molar-refractivity contribution < 1.29 is 4.74 Å². The van der Waals surface area contributed by atoms with E-state index in [4.69, 9.17) is 4.74 Å². The molecule has 3 aliphatic rings. The highest BCUT2D eigenvalue weighted by Gasteiger charge is 2.36. The quantitative estimate of drug-likeness (QED) is 0.709. The number of rotatable bonds is 3. The van der Waals surface area contributed by atoms with Gasteiger partial charge in [-0.1, -0.05) is 30.7 Å². The Morgan fingerprint density at radius 1 is 1.39 bits per heavy atom. The lowest BCUT2D eigenvalue weighted by Crippen LogP contribution is -2.31. The molecule has 1 heterocycles. The van der Waals surface area contributed by atoms with Gasteiger partial charge in [-0.2, -0.15) is 0 Å². The molecule has 0 spiro atoms. The monoisotopic (exact) mass is 245 g/mol. The molecule has 0 aromatic heterocycles. The van der Waals surface area contributed by atoms with Crippen LogP contribution >= 0.6 is 0 Å². The lowest BCUT2D eigenvalue weighted by molar-refractivity contribution is 0.0749. The van der Waals surface area contributed by atoms with Crippen LogP contribution in [0.5, 0.6) is 0 Å².